The van der Waals surface area contributed by atoms with Gasteiger partial charge in [0.15, 0.2) is 0 Å². The van der Waals surface area contributed by atoms with Gasteiger partial charge in [0.25, 0.3) is 0 Å². The van der Waals surface area contributed by atoms with Gasteiger partial charge in [-0.1, -0.05) is 35.9 Å². The maximum absolute atomic E-state index is 12.9. The number of carbonyl (C=O) groups excluding carboxylic acids is 1. The number of ether oxygens (including phenoxy) is 1. The van der Waals surface area contributed by atoms with E-state index in [4.69, 9.17) is 16.3 Å². The maximum atomic E-state index is 12.9. The first kappa shape index (κ1) is 19.5. The van der Waals surface area contributed by atoms with E-state index in [1.165, 1.54) is 18.2 Å². The van der Waals surface area contributed by atoms with Gasteiger partial charge in [-0.2, -0.15) is 0 Å². The van der Waals surface area contributed by atoms with Gasteiger partial charge in [0.1, 0.15) is 5.82 Å². The highest BCUT2D eigenvalue weighted by molar-refractivity contribution is 6.30. The van der Waals surface area contributed by atoms with Gasteiger partial charge in [0.05, 0.1) is 19.3 Å². The van der Waals surface area contributed by atoms with Crippen molar-refractivity contribution in [3.05, 3.63) is 76.6 Å². The number of carbonyl (C=O) groups is 1. The predicted octanol–water partition coefficient (Wildman–Crippen LogP) is 3.68. The quantitative estimate of drug-likeness (QED) is 0.767. The zero-order valence-electron chi connectivity index (χ0n) is 14.9. The molecule has 0 bridgehead atoms. The number of amides is 1. The van der Waals surface area contributed by atoms with Gasteiger partial charge < -0.3 is 10.1 Å². The van der Waals surface area contributed by atoms with Gasteiger partial charge in [0, 0.05) is 30.7 Å². The highest BCUT2D eigenvalue weighted by Gasteiger charge is 2.22. The fourth-order valence-electron chi connectivity index (χ4n) is 3.03. The Bertz CT molecular complexity index is 772. The summed E-state index contributed by atoms with van der Waals surface area (Å²) in [4.78, 5) is 14.5. The number of benzene rings is 2. The van der Waals surface area contributed by atoms with E-state index in [2.05, 4.69) is 10.2 Å². The molecule has 142 valence electrons. The lowest BCUT2D eigenvalue weighted by Gasteiger charge is -2.34. The van der Waals surface area contributed by atoms with Crippen LogP contribution >= 0.6 is 11.6 Å². The van der Waals surface area contributed by atoms with E-state index in [0.717, 1.165) is 24.2 Å². The van der Waals surface area contributed by atoms with Crippen molar-refractivity contribution in [2.45, 2.75) is 6.04 Å². The lowest BCUT2D eigenvalue weighted by atomic mass is 10.0. The van der Waals surface area contributed by atoms with Crippen LogP contribution in [0.2, 0.25) is 5.02 Å². The van der Waals surface area contributed by atoms with Crippen LogP contribution in [0, 0.1) is 5.82 Å². The maximum Gasteiger partial charge on any atom is 0.244 e. The second-order valence-corrected chi connectivity index (χ2v) is 6.78. The molecular formula is C21H22ClFN2O2. The van der Waals surface area contributed by atoms with Crippen LogP contribution in [0.15, 0.2) is 54.6 Å². The molecule has 1 aliphatic heterocycles. The first-order valence-electron chi connectivity index (χ1n) is 8.90. The third-order valence-electron chi connectivity index (χ3n) is 4.51. The van der Waals surface area contributed by atoms with Gasteiger partial charge in [-0.25, -0.2) is 4.39 Å². The molecule has 0 radical (unpaired) electrons. The topological polar surface area (TPSA) is 41.6 Å². The molecule has 4 nitrogen and oxygen atoms in total. The van der Waals surface area contributed by atoms with Crippen LogP contribution in [0.3, 0.4) is 0 Å². The Balaban J connectivity index is 1.63. The SMILES string of the molecule is O=C(C=Cc1ccc(F)cc1)NCC(c1ccc(Cl)cc1)N1CCOCC1. The molecule has 1 atom stereocenters. The smallest absolute Gasteiger partial charge is 0.244 e. The molecule has 27 heavy (non-hydrogen) atoms. The second-order valence-electron chi connectivity index (χ2n) is 6.35. The van der Waals surface area contributed by atoms with E-state index in [1.54, 1.807) is 18.2 Å². The molecule has 0 spiro atoms. The molecule has 2 aromatic carbocycles. The van der Waals surface area contributed by atoms with Crippen molar-refractivity contribution in [3.8, 4) is 0 Å². The number of nitrogens with one attached hydrogen (secondary N) is 1. The van der Waals surface area contributed by atoms with Crippen LogP contribution in [0.25, 0.3) is 6.08 Å². The molecule has 6 heteroatoms. The van der Waals surface area contributed by atoms with Crippen LogP contribution in [-0.4, -0.2) is 43.7 Å². The third kappa shape index (κ3) is 5.89. The molecule has 1 saturated heterocycles. The Labute approximate surface area is 163 Å². The summed E-state index contributed by atoms with van der Waals surface area (Å²) in [6, 6.07) is 13.7. The first-order valence-corrected chi connectivity index (χ1v) is 9.28. The van der Waals surface area contributed by atoms with Crippen LogP contribution in [-0.2, 0) is 9.53 Å². The van der Waals surface area contributed by atoms with Crippen LogP contribution in [0.5, 0.6) is 0 Å². The Kier molecular flexibility index (Phi) is 6.98. The first-order chi connectivity index (χ1) is 13.1. The molecule has 3 rings (SSSR count). The minimum Gasteiger partial charge on any atom is -0.379 e. The average molecular weight is 389 g/mol. The van der Waals surface area contributed by atoms with Crippen molar-refractivity contribution < 1.29 is 13.9 Å². The summed E-state index contributed by atoms with van der Waals surface area (Å²) in [5, 5.41) is 3.65. The molecule has 1 fully saturated rings. The van der Waals surface area contributed by atoms with Crippen molar-refractivity contribution in [1.82, 2.24) is 10.2 Å². The van der Waals surface area contributed by atoms with Crippen molar-refractivity contribution in [3.63, 3.8) is 0 Å². The molecule has 0 aliphatic carbocycles. The van der Waals surface area contributed by atoms with Crippen LogP contribution < -0.4 is 5.32 Å². The van der Waals surface area contributed by atoms with Crippen molar-refractivity contribution in [2.24, 2.45) is 0 Å². The van der Waals surface area contributed by atoms with Crippen molar-refractivity contribution in [1.29, 1.82) is 0 Å². The Morgan fingerprint density at radius 2 is 1.81 bits per heavy atom. The second kappa shape index (κ2) is 9.65. The fraction of sp³-hybridized carbons (Fsp3) is 0.286. The molecule has 1 aliphatic rings. The summed E-state index contributed by atoms with van der Waals surface area (Å²) < 4.78 is 18.4. The number of morpholine rings is 1. The van der Waals surface area contributed by atoms with E-state index in [-0.39, 0.29) is 17.8 Å². The number of halogens is 2. The summed E-state index contributed by atoms with van der Waals surface area (Å²) in [5.41, 5.74) is 1.87. The third-order valence-corrected chi connectivity index (χ3v) is 4.76. The molecule has 1 N–H and O–H groups in total. The van der Waals surface area contributed by atoms with Gasteiger partial charge in [0.2, 0.25) is 5.91 Å². The van der Waals surface area contributed by atoms with Crippen LogP contribution in [0.4, 0.5) is 4.39 Å². The molecule has 0 aromatic heterocycles. The number of nitrogens with zero attached hydrogens (tertiary/aromatic N) is 1. The van der Waals surface area contributed by atoms with E-state index in [0.29, 0.717) is 24.8 Å². The van der Waals surface area contributed by atoms with E-state index < -0.39 is 0 Å². The predicted molar refractivity (Wildman–Crippen MR) is 105 cm³/mol. The number of hydrogen-bond donors (Lipinski definition) is 1. The van der Waals surface area contributed by atoms with Crippen molar-refractivity contribution >= 4 is 23.6 Å². The summed E-state index contributed by atoms with van der Waals surface area (Å²) in [6.45, 7) is 3.47. The fourth-order valence-corrected chi connectivity index (χ4v) is 3.16. The van der Waals surface area contributed by atoms with E-state index in [1.807, 2.05) is 24.3 Å². The van der Waals surface area contributed by atoms with Gasteiger partial charge in [-0.05, 0) is 41.5 Å². The largest absolute Gasteiger partial charge is 0.379 e. The minimum absolute atomic E-state index is 0.0503. The molecule has 0 saturated carbocycles. The minimum atomic E-state index is -0.298. The van der Waals surface area contributed by atoms with Gasteiger partial charge in [-0.15, -0.1) is 0 Å². The molecule has 2 aromatic rings. The lowest BCUT2D eigenvalue weighted by molar-refractivity contribution is -0.116. The average Bonchev–Trinajstić information content (AvgIpc) is 2.70. The number of rotatable bonds is 6. The highest BCUT2D eigenvalue weighted by Crippen LogP contribution is 2.23. The van der Waals surface area contributed by atoms with E-state index in [9.17, 15) is 9.18 Å². The monoisotopic (exact) mass is 388 g/mol. The lowest BCUT2D eigenvalue weighted by Crippen LogP contribution is -2.43. The zero-order chi connectivity index (χ0) is 19.1. The van der Waals surface area contributed by atoms with Gasteiger partial charge in [-0.3, -0.25) is 9.69 Å². The van der Waals surface area contributed by atoms with Crippen molar-refractivity contribution in [2.75, 3.05) is 32.8 Å². The summed E-state index contributed by atoms with van der Waals surface area (Å²) >= 11 is 6.00. The standard InChI is InChI=1S/C21H22ClFN2O2/c22-18-6-4-17(5-7-18)20(25-11-13-27-14-12-25)15-24-21(26)10-3-16-1-8-19(23)9-2-16/h1-10,20H,11-15H2,(H,24,26). The summed E-state index contributed by atoms with van der Waals surface area (Å²) in [6.07, 6.45) is 3.13. The Hall–Kier alpha value is -2.21. The summed E-state index contributed by atoms with van der Waals surface area (Å²) in [5.74, 6) is -0.487. The Morgan fingerprint density at radius 3 is 2.48 bits per heavy atom. The molecule has 1 amide bonds. The van der Waals surface area contributed by atoms with Gasteiger partial charge >= 0.3 is 0 Å². The molecular weight excluding hydrogens is 367 g/mol. The normalized spacial score (nSPS) is 16.4. The number of hydrogen-bond acceptors (Lipinski definition) is 3. The van der Waals surface area contributed by atoms with E-state index >= 15 is 0 Å². The molecule has 1 heterocycles. The summed E-state index contributed by atoms with van der Waals surface area (Å²) in [7, 11) is 0. The van der Waals surface area contributed by atoms with Crippen LogP contribution in [0.1, 0.15) is 17.2 Å². The highest BCUT2D eigenvalue weighted by atomic mass is 35.5. The zero-order valence-corrected chi connectivity index (χ0v) is 15.7. The Morgan fingerprint density at radius 1 is 1.15 bits per heavy atom. The molecule has 1 unspecified atom stereocenters.